The number of hydrogen-bond donors (Lipinski definition) is 0. The fourth-order valence-corrected chi connectivity index (χ4v) is 3.04. The van der Waals surface area contributed by atoms with Gasteiger partial charge in [-0.1, -0.05) is 13.8 Å². The molecule has 0 aliphatic carbocycles. The predicted molar refractivity (Wildman–Crippen MR) is 62.1 cm³/mol. The summed E-state index contributed by atoms with van der Waals surface area (Å²) in [5.41, 5.74) is 0. The van der Waals surface area contributed by atoms with Gasteiger partial charge >= 0.3 is 0 Å². The van der Waals surface area contributed by atoms with Gasteiger partial charge < -0.3 is 14.2 Å². The normalized spacial score (nSPS) is 43.9. The van der Waals surface area contributed by atoms with E-state index in [9.17, 15) is 0 Å². The molecule has 2 rings (SSSR count). The van der Waals surface area contributed by atoms with Crippen LogP contribution in [-0.4, -0.2) is 31.7 Å². The summed E-state index contributed by atoms with van der Waals surface area (Å²) in [6.07, 6.45) is 1.95. The molecule has 0 spiro atoms. The number of ether oxygens (including phenoxy) is 3. The van der Waals surface area contributed by atoms with Crippen molar-refractivity contribution in [3.8, 4) is 0 Å². The highest BCUT2D eigenvalue weighted by molar-refractivity contribution is 4.97. The average molecular weight is 228 g/mol. The van der Waals surface area contributed by atoms with Gasteiger partial charge in [0.05, 0.1) is 18.8 Å². The maximum absolute atomic E-state index is 5.98. The molecule has 0 saturated carbocycles. The minimum Gasteiger partial charge on any atom is -0.374 e. The van der Waals surface area contributed by atoms with Gasteiger partial charge in [0.25, 0.3) is 0 Å². The molecular formula is C13H24O3. The lowest BCUT2D eigenvalue weighted by atomic mass is 9.76. The molecule has 2 saturated heterocycles. The first-order chi connectivity index (χ1) is 7.63. The Hall–Kier alpha value is -0.120. The van der Waals surface area contributed by atoms with E-state index in [-0.39, 0.29) is 6.29 Å². The summed E-state index contributed by atoms with van der Waals surface area (Å²) in [7, 11) is 0. The van der Waals surface area contributed by atoms with Crippen LogP contribution in [0.2, 0.25) is 0 Å². The van der Waals surface area contributed by atoms with Crippen LogP contribution >= 0.6 is 0 Å². The third kappa shape index (κ3) is 2.27. The fraction of sp³-hybridized carbons (Fsp3) is 1.00. The molecule has 0 aromatic carbocycles. The summed E-state index contributed by atoms with van der Waals surface area (Å²) in [5.74, 6) is 1.96. The van der Waals surface area contributed by atoms with E-state index in [1.54, 1.807) is 0 Å². The number of rotatable bonds is 5. The molecule has 0 radical (unpaired) electrons. The van der Waals surface area contributed by atoms with Gasteiger partial charge in [-0.3, -0.25) is 0 Å². The molecular weight excluding hydrogens is 204 g/mol. The minimum atomic E-state index is -0.0862. The van der Waals surface area contributed by atoms with Gasteiger partial charge in [0, 0.05) is 12.5 Å². The maximum atomic E-state index is 5.98. The third-order valence-corrected chi connectivity index (χ3v) is 4.21. The first-order valence-corrected chi connectivity index (χ1v) is 6.52. The number of fused-ring (bicyclic) bond motifs is 2. The zero-order valence-electron chi connectivity index (χ0n) is 10.8. The van der Waals surface area contributed by atoms with Crippen LogP contribution in [0.3, 0.4) is 0 Å². The van der Waals surface area contributed by atoms with Gasteiger partial charge in [0.2, 0.25) is 0 Å². The second-order valence-corrected chi connectivity index (χ2v) is 5.21. The van der Waals surface area contributed by atoms with E-state index in [2.05, 4.69) is 13.8 Å². The molecule has 2 fully saturated rings. The lowest BCUT2D eigenvalue weighted by Gasteiger charge is -2.28. The fourth-order valence-electron chi connectivity index (χ4n) is 3.04. The van der Waals surface area contributed by atoms with Crippen LogP contribution in [0.5, 0.6) is 0 Å². The van der Waals surface area contributed by atoms with Gasteiger partial charge in [-0.2, -0.15) is 0 Å². The van der Waals surface area contributed by atoms with E-state index < -0.39 is 0 Å². The highest BCUT2D eigenvalue weighted by atomic mass is 16.7. The highest BCUT2D eigenvalue weighted by Gasteiger charge is 2.50. The Morgan fingerprint density at radius 3 is 2.56 bits per heavy atom. The second-order valence-electron chi connectivity index (χ2n) is 5.21. The second kappa shape index (κ2) is 5.03. The first kappa shape index (κ1) is 12.3. The van der Waals surface area contributed by atoms with E-state index in [4.69, 9.17) is 14.2 Å². The monoisotopic (exact) mass is 228 g/mol. The largest absolute Gasteiger partial charge is 0.374 e. The van der Waals surface area contributed by atoms with Gasteiger partial charge in [-0.15, -0.1) is 0 Å². The van der Waals surface area contributed by atoms with Crippen molar-refractivity contribution in [2.75, 3.05) is 13.2 Å². The van der Waals surface area contributed by atoms with Crippen molar-refractivity contribution in [2.45, 2.75) is 52.6 Å². The van der Waals surface area contributed by atoms with Crippen molar-refractivity contribution in [1.29, 1.82) is 0 Å². The van der Waals surface area contributed by atoms with E-state index in [0.717, 1.165) is 13.0 Å². The standard InChI is InChI=1S/C13H24O3/c1-5-14-10(4)15-7-11-6-12-8(2)9(3)13(11)16-12/h8-13H,5-7H2,1-4H3. The smallest absolute Gasteiger partial charge is 0.154 e. The molecule has 0 N–H and O–H groups in total. The van der Waals surface area contributed by atoms with Crippen molar-refractivity contribution >= 4 is 0 Å². The van der Waals surface area contributed by atoms with Crippen molar-refractivity contribution in [3.63, 3.8) is 0 Å². The predicted octanol–water partition coefficient (Wildman–Crippen LogP) is 2.45. The number of hydrogen-bond acceptors (Lipinski definition) is 3. The Bertz CT molecular complexity index is 229. The Balaban J connectivity index is 1.77. The van der Waals surface area contributed by atoms with Gasteiger partial charge in [0.15, 0.2) is 6.29 Å². The SMILES string of the molecule is CCOC(C)OCC1CC2OC1C(C)C2C. The molecule has 94 valence electrons. The van der Waals surface area contributed by atoms with Crippen molar-refractivity contribution < 1.29 is 14.2 Å². The molecule has 16 heavy (non-hydrogen) atoms. The third-order valence-electron chi connectivity index (χ3n) is 4.21. The van der Waals surface area contributed by atoms with Crippen LogP contribution in [0.1, 0.15) is 34.1 Å². The molecule has 0 aromatic rings. The molecule has 0 amide bonds. The summed E-state index contributed by atoms with van der Waals surface area (Å²) in [4.78, 5) is 0. The van der Waals surface area contributed by atoms with Crippen LogP contribution in [-0.2, 0) is 14.2 Å². The molecule has 2 aliphatic heterocycles. The Morgan fingerprint density at radius 1 is 1.25 bits per heavy atom. The zero-order chi connectivity index (χ0) is 11.7. The summed E-state index contributed by atoms with van der Waals surface area (Å²) in [5, 5.41) is 0. The van der Waals surface area contributed by atoms with Crippen molar-refractivity contribution in [2.24, 2.45) is 17.8 Å². The summed E-state index contributed by atoms with van der Waals surface area (Å²) >= 11 is 0. The molecule has 3 heteroatoms. The average Bonchev–Trinajstić information content (AvgIpc) is 2.78. The van der Waals surface area contributed by atoms with E-state index in [0.29, 0.717) is 36.6 Å². The molecule has 0 aromatic heterocycles. The van der Waals surface area contributed by atoms with E-state index in [1.807, 2.05) is 13.8 Å². The minimum absolute atomic E-state index is 0.0862. The van der Waals surface area contributed by atoms with Gasteiger partial charge in [0.1, 0.15) is 0 Å². The molecule has 6 unspecified atom stereocenters. The molecule has 6 atom stereocenters. The van der Waals surface area contributed by atoms with Crippen LogP contribution < -0.4 is 0 Å². The Labute approximate surface area is 98.4 Å². The quantitative estimate of drug-likeness (QED) is 0.676. The summed E-state index contributed by atoms with van der Waals surface area (Å²) < 4.78 is 17.0. The maximum Gasteiger partial charge on any atom is 0.154 e. The first-order valence-electron chi connectivity index (χ1n) is 6.52. The van der Waals surface area contributed by atoms with Crippen LogP contribution in [0.15, 0.2) is 0 Å². The molecule has 2 aliphatic rings. The Kier molecular flexibility index (Phi) is 3.88. The summed E-state index contributed by atoms with van der Waals surface area (Å²) in [6, 6.07) is 0. The molecule has 2 heterocycles. The summed E-state index contributed by atoms with van der Waals surface area (Å²) in [6.45, 7) is 10.0. The molecule has 3 nitrogen and oxygen atoms in total. The van der Waals surface area contributed by atoms with Crippen LogP contribution in [0, 0.1) is 17.8 Å². The Morgan fingerprint density at radius 2 is 2.00 bits per heavy atom. The van der Waals surface area contributed by atoms with Crippen LogP contribution in [0.4, 0.5) is 0 Å². The zero-order valence-corrected chi connectivity index (χ0v) is 10.8. The van der Waals surface area contributed by atoms with Crippen molar-refractivity contribution in [1.82, 2.24) is 0 Å². The van der Waals surface area contributed by atoms with E-state index >= 15 is 0 Å². The van der Waals surface area contributed by atoms with Gasteiger partial charge in [-0.25, -0.2) is 0 Å². The lowest BCUT2D eigenvalue weighted by Crippen LogP contribution is -2.33. The lowest BCUT2D eigenvalue weighted by molar-refractivity contribution is -0.139. The van der Waals surface area contributed by atoms with Gasteiger partial charge in [-0.05, 0) is 32.1 Å². The van der Waals surface area contributed by atoms with Crippen molar-refractivity contribution in [3.05, 3.63) is 0 Å². The van der Waals surface area contributed by atoms with E-state index in [1.165, 1.54) is 0 Å². The topological polar surface area (TPSA) is 27.7 Å². The van der Waals surface area contributed by atoms with Crippen LogP contribution in [0.25, 0.3) is 0 Å². The molecule has 2 bridgehead atoms. The highest BCUT2D eigenvalue weighted by Crippen LogP contribution is 2.46.